The number of allylic oxidation sites excluding steroid dienone is 2. The van der Waals surface area contributed by atoms with Gasteiger partial charge in [-0.2, -0.15) is 0 Å². The van der Waals surface area contributed by atoms with E-state index in [-0.39, 0.29) is 11.6 Å². The SMILES string of the molecule is CC(C)=C1C(=O)Cc2cc(F)ccc21. The van der Waals surface area contributed by atoms with Gasteiger partial charge in [0.25, 0.3) is 0 Å². The molecule has 0 unspecified atom stereocenters. The molecule has 0 atom stereocenters. The normalized spacial score (nSPS) is 14.5. The molecule has 1 aliphatic carbocycles. The molecule has 0 aliphatic heterocycles. The van der Waals surface area contributed by atoms with Crippen LogP contribution in [0.15, 0.2) is 23.8 Å². The minimum Gasteiger partial charge on any atom is -0.294 e. The van der Waals surface area contributed by atoms with Gasteiger partial charge in [-0.05, 0) is 37.1 Å². The van der Waals surface area contributed by atoms with Gasteiger partial charge in [-0.15, -0.1) is 0 Å². The highest BCUT2D eigenvalue weighted by molar-refractivity contribution is 6.26. The fraction of sp³-hybridized carbons (Fsp3) is 0.250. The van der Waals surface area contributed by atoms with E-state index in [9.17, 15) is 9.18 Å². The fourth-order valence-electron chi connectivity index (χ4n) is 1.91. The number of fused-ring (bicyclic) bond motifs is 1. The van der Waals surface area contributed by atoms with Gasteiger partial charge in [-0.1, -0.05) is 11.6 Å². The second kappa shape index (κ2) is 3.05. The number of Topliss-reactive ketones (excluding diaryl/α,β-unsaturated/α-hetero) is 1. The Morgan fingerprint density at radius 1 is 1.36 bits per heavy atom. The zero-order valence-corrected chi connectivity index (χ0v) is 8.23. The van der Waals surface area contributed by atoms with E-state index >= 15 is 0 Å². The topological polar surface area (TPSA) is 17.1 Å². The maximum absolute atomic E-state index is 12.9. The van der Waals surface area contributed by atoms with Crippen molar-refractivity contribution in [3.05, 3.63) is 40.7 Å². The number of halogens is 1. The van der Waals surface area contributed by atoms with Crippen LogP contribution in [0.4, 0.5) is 4.39 Å². The van der Waals surface area contributed by atoms with Gasteiger partial charge in [0.15, 0.2) is 5.78 Å². The van der Waals surface area contributed by atoms with Gasteiger partial charge < -0.3 is 0 Å². The van der Waals surface area contributed by atoms with Crippen molar-refractivity contribution in [1.29, 1.82) is 0 Å². The maximum atomic E-state index is 12.9. The molecule has 2 rings (SSSR count). The second-order valence-electron chi connectivity index (χ2n) is 3.78. The summed E-state index contributed by atoms with van der Waals surface area (Å²) in [7, 11) is 0. The van der Waals surface area contributed by atoms with Crippen LogP contribution in [0.1, 0.15) is 25.0 Å². The van der Waals surface area contributed by atoms with E-state index in [1.165, 1.54) is 12.1 Å². The van der Waals surface area contributed by atoms with Crippen LogP contribution >= 0.6 is 0 Å². The van der Waals surface area contributed by atoms with E-state index in [0.717, 1.165) is 22.3 Å². The monoisotopic (exact) mass is 190 g/mol. The average molecular weight is 190 g/mol. The lowest BCUT2D eigenvalue weighted by Gasteiger charge is -2.01. The number of benzene rings is 1. The van der Waals surface area contributed by atoms with Crippen LogP contribution in [-0.2, 0) is 11.2 Å². The number of carbonyl (C=O) groups is 1. The Kier molecular flexibility index (Phi) is 1.99. The number of ketones is 1. The summed E-state index contributed by atoms with van der Waals surface area (Å²) < 4.78 is 12.9. The van der Waals surface area contributed by atoms with Crippen molar-refractivity contribution in [3.8, 4) is 0 Å². The van der Waals surface area contributed by atoms with Crippen molar-refractivity contribution < 1.29 is 9.18 Å². The number of rotatable bonds is 0. The van der Waals surface area contributed by atoms with Gasteiger partial charge >= 0.3 is 0 Å². The molecule has 0 saturated carbocycles. The Balaban J connectivity index is 2.65. The molecular formula is C12H11FO. The maximum Gasteiger partial charge on any atom is 0.167 e. The van der Waals surface area contributed by atoms with Gasteiger partial charge in [-0.3, -0.25) is 4.79 Å². The van der Waals surface area contributed by atoms with Gasteiger partial charge in [-0.25, -0.2) is 4.39 Å². The van der Waals surface area contributed by atoms with Crippen molar-refractivity contribution in [2.45, 2.75) is 20.3 Å². The molecular weight excluding hydrogens is 179 g/mol. The van der Waals surface area contributed by atoms with Crippen LogP contribution in [0, 0.1) is 5.82 Å². The predicted octanol–water partition coefficient (Wildman–Crippen LogP) is 2.74. The van der Waals surface area contributed by atoms with E-state index in [1.807, 2.05) is 13.8 Å². The lowest BCUT2D eigenvalue weighted by Crippen LogP contribution is -1.95. The Morgan fingerprint density at radius 3 is 2.71 bits per heavy atom. The van der Waals surface area contributed by atoms with Crippen LogP contribution in [0.3, 0.4) is 0 Å². The molecule has 2 heteroatoms. The Morgan fingerprint density at radius 2 is 2.07 bits per heavy atom. The lowest BCUT2D eigenvalue weighted by atomic mass is 10.0. The summed E-state index contributed by atoms with van der Waals surface area (Å²) in [6.45, 7) is 3.82. The van der Waals surface area contributed by atoms with E-state index in [4.69, 9.17) is 0 Å². The molecule has 0 N–H and O–H groups in total. The second-order valence-corrected chi connectivity index (χ2v) is 3.78. The van der Waals surface area contributed by atoms with Crippen molar-refractivity contribution in [2.75, 3.05) is 0 Å². The highest BCUT2D eigenvalue weighted by Crippen LogP contribution is 2.31. The van der Waals surface area contributed by atoms with Crippen LogP contribution in [0.5, 0.6) is 0 Å². The molecule has 1 aliphatic rings. The van der Waals surface area contributed by atoms with Crippen LogP contribution in [0.25, 0.3) is 5.57 Å². The third-order valence-corrected chi connectivity index (χ3v) is 2.47. The molecule has 0 aromatic heterocycles. The molecule has 0 heterocycles. The first-order valence-electron chi connectivity index (χ1n) is 4.59. The number of hydrogen-bond acceptors (Lipinski definition) is 1. The highest BCUT2D eigenvalue weighted by Gasteiger charge is 2.25. The van der Waals surface area contributed by atoms with Gasteiger partial charge in [0.1, 0.15) is 5.82 Å². The summed E-state index contributed by atoms with van der Waals surface area (Å²) in [6.07, 6.45) is 0.341. The standard InChI is InChI=1S/C12H11FO/c1-7(2)12-10-4-3-9(13)5-8(10)6-11(12)14/h3-5H,6H2,1-2H3. The molecule has 0 saturated heterocycles. The summed E-state index contributed by atoms with van der Waals surface area (Å²) in [6, 6.07) is 4.54. The molecule has 0 radical (unpaired) electrons. The van der Waals surface area contributed by atoms with Crippen LogP contribution in [0.2, 0.25) is 0 Å². The van der Waals surface area contributed by atoms with Crippen LogP contribution in [-0.4, -0.2) is 5.78 Å². The Bertz CT molecular complexity index is 440. The Hall–Kier alpha value is -1.44. The first-order chi connectivity index (χ1) is 6.59. The zero-order chi connectivity index (χ0) is 10.3. The van der Waals surface area contributed by atoms with Gasteiger partial charge in [0.2, 0.25) is 0 Å². The van der Waals surface area contributed by atoms with Crippen LogP contribution < -0.4 is 0 Å². The summed E-state index contributed by atoms with van der Waals surface area (Å²) in [4.78, 5) is 11.6. The molecule has 72 valence electrons. The molecule has 0 fully saturated rings. The van der Waals surface area contributed by atoms with Gasteiger partial charge in [0, 0.05) is 12.0 Å². The molecule has 14 heavy (non-hydrogen) atoms. The molecule has 0 amide bonds. The summed E-state index contributed by atoms with van der Waals surface area (Å²) in [5, 5.41) is 0. The lowest BCUT2D eigenvalue weighted by molar-refractivity contribution is -0.112. The van der Waals surface area contributed by atoms with E-state index in [0.29, 0.717) is 6.42 Å². The average Bonchev–Trinajstić information content (AvgIpc) is 2.39. The summed E-state index contributed by atoms with van der Waals surface area (Å²) in [5.41, 5.74) is 3.47. The van der Waals surface area contributed by atoms with Crippen molar-refractivity contribution in [3.63, 3.8) is 0 Å². The third-order valence-electron chi connectivity index (χ3n) is 2.47. The van der Waals surface area contributed by atoms with Gasteiger partial charge in [0.05, 0.1) is 0 Å². The molecule has 1 nitrogen and oxygen atoms in total. The van der Waals surface area contributed by atoms with Crippen molar-refractivity contribution in [1.82, 2.24) is 0 Å². The minimum absolute atomic E-state index is 0.102. The van der Waals surface area contributed by atoms with E-state index in [1.54, 1.807) is 6.07 Å². The highest BCUT2D eigenvalue weighted by atomic mass is 19.1. The molecule has 1 aromatic carbocycles. The summed E-state index contributed by atoms with van der Waals surface area (Å²) in [5.74, 6) is -0.169. The van der Waals surface area contributed by atoms with Crippen molar-refractivity contribution >= 4 is 11.4 Å². The van der Waals surface area contributed by atoms with E-state index in [2.05, 4.69) is 0 Å². The largest absolute Gasteiger partial charge is 0.294 e. The zero-order valence-electron chi connectivity index (χ0n) is 8.23. The molecule has 0 spiro atoms. The first-order valence-corrected chi connectivity index (χ1v) is 4.59. The number of carbonyl (C=O) groups excluding carboxylic acids is 1. The summed E-state index contributed by atoms with van der Waals surface area (Å²) >= 11 is 0. The Labute approximate surface area is 82.3 Å². The third kappa shape index (κ3) is 1.27. The molecule has 1 aromatic rings. The first kappa shape index (κ1) is 9.13. The van der Waals surface area contributed by atoms with E-state index < -0.39 is 0 Å². The predicted molar refractivity (Wildman–Crippen MR) is 53.4 cm³/mol. The number of hydrogen-bond donors (Lipinski definition) is 0. The van der Waals surface area contributed by atoms with Crippen molar-refractivity contribution in [2.24, 2.45) is 0 Å². The quantitative estimate of drug-likeness (QED) is 0.575. The minimum atomic E-state index is -0.272. The fourth-order valence-corrected chi connectivity index (χ4v) is 1.91. The molecule has 0 bridgehead atoms. The smallest absolute Gasteiger partial charge is 0.167 e.